The van der Waals surface area contributed by atoms with Crippen molar-refractivity contribution >= 4 is 17.5 Å². The molecule has 6 heteroatoms. The molecule has 0 aliphatic heterocycles. The van der Waals surface area contributed by atoms with Crippen LogP contribution in [0.4, 0.5) is 5.69 Å². The average molecular weight is 399 g/mol. The van der Waals surface area contributed by atoms with Gasteiger partial charge in [0.05, 0.1) is 6.61 Å². The number of rotatable bonds is 8. The third-order valence-corrected chi connectivity index (χ3v) is 4.39. The maximum Gasteiger partial charge on any atom is 0.265 e. The Balaban J connectivity index is 1.95. The number of amides is 2. The summed E-state index contributed by atoms with van der Waals surface area (Å²) in [5, 5.41) is 5.54. The highest BCUT2D eigenvalue weighted by atomic mass is 16.5. The van der Waals surface area contributed by atoms with E-state index in [-0.39, 0.29) is 17.2 Å². The van der Waals surface area contributed by atoms with Gasteiger partial charge in [-0.3, -0.25) is 9.59 Å². The normalized spacial score (nSPS) is 12.2. The van der Waals surface area contributed by atoms with Gasteiger partial charge in [0, 0.05) is 24.9 Å². The van der Waals surface area contributed by atoms with E-state index in [1.165, 1.54) is 5.56 Å². The van der Waals surface area contributed by atoms with Crippen LogP contribution in [0.2, 0.25) is 0 Å². The van der Waals surface area contributed by atoms with Crippen LogP contribution in [0, 0.1) is 0 Å². The molecule has 0 radical (unpaired) electrons. The number of nitrogens with one attached hydrogen (secondary N) is 2. The van der Waals surface area contributed by atoms with Gasteiger partial charge in [-0.2, -0.15) is 0 Å². The Hall–Kier alpha value is -2.86. The first kappa shape index (κ1) is 22.4. The van der Waals surface area contributed by atoms with E-state index in [4.69, 9.17) is 9.47 Å². The van der Waals surface area contributed by atoms with Crippen molar-refractivity contribution < 1.29 is 19.1 Å². The lowest BCUT2D eigenvalue weighted by Crippen LogP contribution is -2.30. The van der Waals surface area contributed by atoms with Gasteiger partial charge in [0.15, 0.2) is 6.10 Å². The molecule has 0 aromatic heterocycles. The summed E-state index contributed by atoms with van der Waals surface area (Å²) >= 11 is 0. The van der Waals surface area contributed by atoms with Crippen molar-refractivity contribution in [2.45, 2.75) is 39.2 Å². The molecule has 2 aromatic rings. The van der Waals surface area contributed by atoms with E-state index in [0.29, 0.717) is 30.2 Å². The zero-order valence-corrected chi connectivity index (χ0v) is 17.7. The second kappa shape index (κ2) is 10.1. The standard InChI is InChI=1S/C23H30N2O4/c1-16(29-20-11-9-18(10-12-20)23(2,3)4)21(26)25-19-8-6-7-17(15-19)22(27)24-13-14-28-5/h6-12,15-16H,13-14H2,1-5H3,(H,24,27)(H,25,26). The van der Waals surface area contributed by atoms with E-state index in [0.717, 1.165) is 0 Å². The highest BCUT2D eigenvalue weighted by molar-refractivity contribution is 5.98. The summed E-state index contributed by atoms with van der Waals surface area (Å²) in [6.45, 7) is 8.98. The molecule has 2 rings (SSSR count). The molecule has 156 valence electrons. The van der Waals surface area contributed by atoms with Crippen molar-refractivity contribution in [3.05, 3.63) is 59.7 Å². The number of carbonyl (C=O) groups excluding carboxylic acids is 2. The minimum Gasteiger partial charge on any atom is -0.481 e. The van der Waals surface area contributed by atoms with Gasteiger partial charge in [-0.05, 0) is 48.2 Å². The summed E-state index contributed by atoms with van der Waals surface area (Å²) < 4.78 is 10.7. The van der Waals surface area contributed by atoms with Crippen LogP contribution in [0.5, 0.6) is 5.75 Å². The van der Waals surface area contributed by atoms with E-state index < -0.39 is 6.10 Å². The average Bonchev–Trinajstić information content (AvgIpc) is 2.68. The first-order valence-corrected chi connectivity index (χ1v) is 9.66. The first-order chi connectivity index (χ1) is 13.7. The summed E-state index contributed by atoms with van der Waals surface area (Å²) in [6.07, 6.45) is -0.685. The number of ether oxygens (including phenoxy) is 2. The zero-order chi connectivity index (χ0) is 21.4. The molecule has 0 heterocycles. The van der Waals surface area contributed by atoms with Crippen LogP contribution in [-0.2, 0) is 14.9 Å². The van der Waals surface area contributed by atoms with Crippen LogP contribution >= 0.6 is 0 Å². The van der Waals surface area contributed by atoms with Gasteiger partial charge in [-0.15, -0.1) is 0 Å². The maximum absolute atomic E-state index is 12.5. The van der Waals surface area contributed by atoms with Crippen molar-refractivity contribution in [1.82, 2.24) is 5.32 Å². The first-order valence-electron chi connectivity index (χ1n) is 9.66. The Morgan fingerprint density at radius 3 is 2.38 bits per heavy atom. The molecule has 0 saturated heterocycles. The van der Waals surface area contributed by atoms with Gasteiger partial charge < -0.3 is 20.1 Å². The molecule has 0 spiro atoms. The molecule has 2 N–H and O–H groups in total. The van der Waals surface area contributed by atoms with Crippen LogP contribution in [-0.4, -0.2) is 38.2 Å². The summed E-state index contributed by atoms with van der Waals surface area (Å²) in [4.78, 5) is 24.6. The van der Waals surface area contributed by atoms with Crippen LogP contribution in [0.15, 0.2) is 48.5 Å². The van der Waals surface area contributed by atoms with Gasteiger partial charge >= 0.3 is 0 Å². The zero-order valence-electron chi connectivity index (χ0n) is 17.7. The molecule has 0 saturated carbocycles. The Morgan fingerprint density at radius 1 is 1.07 bits per heavy atom. The Labute approximate surface area is 172 Å². The van der Waals surface area contributed by atoms with E-state index in [9.17, 15) is 9.59 Å². The quantitative estimate of drug-likeness (QED) is 0.664. The van der Waals surface area contributed by atoms with E-state index >= 15 is 0 Å². The molecule has 2 aromatic carbocycles. The van der Waals surface area contributed by atoms with Crippen molar-refractivity contribution in [2.24, 2.45) is 0 Å². The number of benzene rings is 2. The molecular weight excluding hydrogens is 368 g/mol. The third kappa shape index (κ3) is 6.91. The summed E-state index contributed by atoms with van der Waals surface area (Å²) in [5.74, 6) is 0.121. The second-order valence-electron chi connectivity index (χ2n) is 7.85. The molecule has 1 atom stereocenters. The molecule has 0 fully saturated rings. The highest BCUT2D eigenvalue weighted by Crippen LogP contribution is 2.24. The third-order valence-electron chi connectivity index (χ3n) is 4.39. The van der Waals surface area contributed by atoms with Crippen LogP contribution in [0.25, 0.3) is 0 Å². The molecule has 2 amide bonds. The molecule has 29 heavy (non-hydrogen) atoms. The van der Waals surface area contributed by atoms with Crippen LogP contribution in [0.3, 0.4) is 0 Å². The van der Waals surface area contributed by atoms with Crippen molar-refractivity contribution in [3.8, 4) is 5.75 Å². The Bertz CT molecular complexity index is 826. The monoisotopic (exact) mass is 398 g/mol. The smallest absolute Gasteiger partial charge is 0.265 e. The number of methoxy groups -OCH3 is 1. The minimum atomic E-state index is -0.685. The van der Waals surface area contributed by atoms with Crippen molar-refractivity contribution in [1.29, 1.82) is 0 Å². The topological polar surface area (TPSA) is 76.7 Å². The Morgan fingerprint density at radius 2 is 1.76 bits per heavy atom. The van der Waals surface area contributed by atoms with Gasteiger partial charge in [0.25, 0.3) is 11.8 Å². The van der Waals surface area contributed by atoms with Crippen molar-refractivity contribution in [2.75, 3.05) is 25.6 Å². The van der Waals surface area contributed by atoms with Gasteiger partial charge in [0.1, 0.15) is 5.75 Å². The lowest BCUT2D eigenvalue weighted by molar-refractivity contribution is -0.122. The SMILES string of the molecule is COCCNC(=O)c1cccc(NC(=O)C(C)Oc2ccc(C(C)(C)C)cc2)c1. The fraction of sp³-hybridized carbons (Fsp3) is 0.391. The van der Waals surface area contributed by atoms with E-state index in [2.05, 4.69) is 31.4 Å². The molecule has 6 nitrogen and oxygen atoms in total. The number of hydrogen-bond acceptors (Lipinski definition) is 4. The second-order valence-corrected chi connectivity index (χ2v) is 7.85. The van der Waals surface area contributed by atoms with Gasteiger partial charge in [0.2, 0.25) is 0 Å². The summed E-state index contributed by atoms with van der Waals surface area (Å²) in [7, 11) is 1.57. The molecule has 0 aliphatic carbocycles. The predicted octanol–water partition coefficient (Wildman–Crippen LogP) is 3.77. The summed E-state index contributed by atoms with van der Waals surface area (Å²) in [5.41, 5.74) is 2.25. The fourth-order valence-electron chi connectivity index (χ4n) is 2.64. The molecular formula is C23H30N2O4. The molecule has 0 aliphatic rings. The molecule has 0 bridgehead atoms. The van der Waals surface area contributed by atoms with Gasteiger partial charge in [-0.25, -0.2) is 0 Å². The van der Waals surface area contributed by atoms with E-state index in [1.54, 1.807) is 38.3 Å². The fourth-order valence-corrected chi connectivity index (χ4v) is 2.64. The number of anilines is 1. The van der Waals surface area contributed by atoms with Crippen LogP contribution in [0.1, 0.15) is 43.6 Å². The number of carbonyl (C=O) groups is 2. The van der Waals surface area contributed by atoms with E-state index in [1.807, 2.05) is 24.3 Å². The highest BCUT2D eigenvalue weighted by Gasteiger charge is 2.17. The summed E-state index contributed by atoms with van der Waals surface area (Å²) in [6, 6.07) is 14.5. The maximum atomic E-state index is 12.5. The van der Waals surface area contributed by atoms with Crippen molar-refractivity contribution in [3.63, 3.8) is 0 Å². The van der Waals surface area contributed by atoms with Crippen LogP contribution < -0.4 is 15.4 Å². The minimum absolute atomic E-state index is 0.0579. The van der Waals surface area contributed by atoms with Gasteiger partial charge in [-0.1, -0.05) is 39.0 Å². The lowest BCUT2D eigenvalue weighted by Gasteiger charge is -2.20. The number of hydrogen-bond donors (Lipinski definition) is 2. The lowest BCUT2D eigenvalue weighted by atomic mass is 9.87. The predicted molar refractivity (Wildman–Crippen MR) is 115 cm³/mol. The molecule has 1 unspecified atom stereocenters. The largest absolute Gasteiger partial charge is 0.481 e. The Kier molecular flexibility index (Phi) is 7.79.